The van der Waals surface area contributed by atoms with Gasteiger partial charge < -0.3 is 9.90 Å². The van der Waals surface area contributed by atoms with E-state index < -0.39 is 12.1 Å². The van der Waals surface area contributed by atoms with Gasteiger partial charge in [-0.2, -0.15) is 18.6 Å². The maximum absolute atomic E-state index is 10.5. The average Bonchev–Trinajstić information content (AvgIpc) is 2.03. The minimum atomic E-state index is -5.19. The Labute approximate surface area is 84.9 Å². The lowest BCUT2D eigenvalue weighted by Gasteiger charge is -2.35. The molecule has 0 aliphatic heterocycles. The molecule has 1 aliphatic rings. The van der Waals surface area contributed by atoms with Gasteiger partial charge in [0.25, 0.3) is 0 Å². The molecule has 1 rings (SSSR count). The Morgan fingerprint density at radius 1 is 1.53 bits per heavy atom. The highest BCUT2D eigenvalue weighted by atomic mass is 19.4. The average molecular weight is 226 g/mol. The van der Waals surface area contributed by atoms with Crippen molar-refractivity contribution in [3.8, 4) is 0 Å². The van der Waals surface area contributed by atoms with Crippen LogP contribution in [0.2, 0.25) is 0 Å². The maximum Gasteiger partial charge on any atom is 0.430 e. The molecule has 0 amide bonds. The van der Waals surface area contributed by atoms with Gasteiger partial charge in [0.05, 0.1) is 5.54 Å². The van der Waals surface area contributed by atoms with Crippen LogP contribution in [-0.4, -0.2) is 17.7 Å². The van der Waals surface area contributed by atoms with Crippen LogP contribution in [0.4, 0.5) is 13.2 Å². The Balaban J connectivity index is 0.000000265. The molecule has 0 saturated heterocycles. The van der Waals surface area contributed by atoms with Crippen LogP contribution in [0.1, 0.15) is 19.3 Å². The molecule has 4 N–H and O–H groups in total. The Morgan fingerprint density at radius 3 is 1.93 bits per heavy atom. The fourth-order valence-electron chi connectivity index (χ4n) is 1.01. The Bertz CT molecular complexity index is 231. The van der Waals surface area contributed by atoms with Gasteiger partial charge >= 0.3 is 6.18 Å². The molecule has 1 aliphatic carbocycles. The Kier molecular flexibility index (Phi) is 4.76. The molecule has 1 saturated carbocycles. The predicted molar refractivity (Wildman–Crippen MR) is 43.9 cm³/mol. The molecule has 0 atom stereocenters. The summed E-state index contributed by atoms with van der Waals surface area (Å²) in [4.78, 5) is 8.78. The summed E-state index contributed by atoms with van der Waals surface area (Å²) < 4.78 is 31.5. The quantitative estimate of drug-likeness (QED) is 0.475. The van der Waals surface area contributed by atoms with Gasteiger partial charge in [-0.3, -0.25) is 5.84 Å². The van der Waals surface area contributed by atoms with E-state index in [1.54, 1.807) is 0 Å². The number of carbonyl (C=O) groups is 1. The number of alkyl halides is 3. The van der Waals surface area contributed by atoms with Gasteiger partial charge in [0.15, 0.2) is 0 Å². The lowest BCUT2D eigenvalue weighted by molar-refractivity contribution is -0.464. The number of carboxylic acids is 1. The fraction of sp³-hybridized carbons (Fsp3) is 0.625. The molecule has 0 radical (unpaired) electrons. The van der Waals surface area contributed by atoms with E-state index in [-0.39, 0.29) is 5.54 Å². The smallest absolute Gasteiger partial charge is 0.430 e. The van der Waals surface area contributed by atoms with Crippen molar-refractivity contribution in [1.29, 1.82) is 0 Å². The molecule has 0 unspecified atom stereocenters. The summed E-state index contributed by atoms with van der Waals surface area (Å²) in [5.74, 6) is 0.623. The zero-order valence-electron chi connectivity index (χ0n) is 8.06. The van der Waals surface area contributed by atoms with Crippen LogP contribution in [-0.2, 0) is 4.79 Å². The third-order valence-corrected chi connectivity index (χ3v) is 2.22. The molecule has 1 fully saturated rings. The van der Waals surface area contributed by atoms with E-state index in [0.717, 1.165) is 0 Å². The van der Waals surface area contributed by atoms with Crippen molar-refractivity contribution in [3.05, 3.63) is 12.7 Å². The van der Waals surface area contributed by atoms with Gasteiger partial charge in [-0.25, -0.2) is 0 Å². The van der Waals surface area contributed by atoms with Crippen molar-refractivity contribution in [3.63, 3.8) is 0 Å². The molecular weight excluding hydrogens is 213 g/mol. The van der Waals surface area contributed by atoms with Crippen LogP contribution in [0.25, 0.3) is 0 Å². The van der Waals surface area contributed by atoms with E-state index in [1.165, 1.54) is 19.3 Å². The van der Waals surface area contributed by atoms with Crippen LogP contribution < -0.4 is 16.4 Å². The first-order valence-electron chi connectivity index (χ1n) is 4.23. The van der Waals surface area contributed by atoms with Gasteiger partial charge in [-0.05, 0) is 19.3 Å². The minimum absolute atomic E-state index is 0.208. The summed E-state index contributed by atoms with van der Waals surface area (Å²) in [6.45, 7) is 3.72. The van der Waals surface area contributed by atoms with E-state index in [2.05, 4.69) is 17.8 Å². The molecule has 0 aromatic carbocycles. The number of aliphatic carboxylic acids is 1. The van der Waals surface area contributed by atoms with E-state index >= 15 is 0 Å². The lowest BCUT2D eigenvalue weighted by atomic mass is 9.78. The summed E-state index contributed by atoms with van der Waals surface area (Å²) in [5.41, 5.74) is 3.20. The van der Waals surface area contributed by atoms with Gasteiger partial charge in [0, 0.05) is 0 Å². The van der Waals surface area contributed by atoms with Crippen LogP contribution in [0, 0.1) is 0 Å². The highest BCUT2D eigenvalue weighted by molar-refractivity contribution is 5.70. The van der Waals surface area contributed by atoms with Crippen molar-refractivity contribution in [1.82, 2.24) is 5.43 Å². The van der Waals surface area contributed by atoms with Gasteiger partial charge in [-0.1, -0.05) is 6.08 Å². The van der Waals surface area contributed by atoms with Crippen molar-refractivity contribution >= 4 is 5.97 Å². The van der Waals surface area contributed by atoms with Crippen LogP contribution >= 0.6 is 0 Å². The lowest BCUT2D eigenvalue weighted by Crippen LogP contribution is -2.75. The zero-order chi connectivity index (χ0) is 12.1. The largest absolute Gasteiger partial charge is 0.542 e. The summed E-state index contributed by atoms with van der Waals surface area (Å²) in [6.07, 6.45) is 0.498. The summed E-state index contributed by atoms with van der Waals surface area (Å²) in [6, 6.07) is 0. The summed E-state index contributed by atoms with van der Waals surface area (Å²) in [5, 5.41) is 8.78. The minimum Gasteiger partial charge on any atom is -0.542 e. The van der Waals surface area contributed by atoms with E-state index in [0.29, 0.717) is 0 Å². The number of quaternary nitrogens is 1. The molecule has 7 heteroatoms. The molecule has 0 aromatic rings. The number of halogens is 3. The number of nitrogens with one attached hydrogen (secondary N) is 1. The topological polar surface area (TPSA) is 79.8 Å². The molecule has 0 heterocycles. The number of hydrogen-bond donors (Lipinski definition) is 2. The molecule has 0 bridgehead atoms. The zero-order valence-corrected chi connectivity index (χ0v) is 8.06. The van der Waals surface area contributed by atoms with E-state index in [9.17, 15) is 13.2 Å². The third-order valence-electron chi connectivity index (χ3n) is 2.22. The van der Waals surface area contributed by atoms with Gasteiger partial charge in [0.1, 0.15) is 5.97 Å². The monoisotopic (exact) mass is 226 g/mol. The predicted octanol–water partition coefficient (Wildman–Crippen LogP) is -0.860. The summed E-state index contributed by atoms with van der Waals surface area (Å²) >= 11 is 0. The highest BCUT2D eigenvalue weighted by Gasteiger charge is 2.34. The normalized spacial score (nSPS) is 18.1. The fourth-order valence-corrected chi connectivity index (χ4v) is 1.01. The first kappa shape index (κ1) is 13.9. The molecule has 88 valence electrons. The second-order valence-electron chi connectivity index (χ2n) is 3.18. The standard InChI is InChI=1S/C6H12N2.C2HF3O2/c1-2-6(8-7)4-3-5-6;3-2(4,5)1(6)7/h2,8H,1,3-5,7H2;(H,6,7). The first-order valence-corrected chi connectivity index (χ1v) is 4.23. The van der Waals surface area contributed by atoms with Crippen LogP contribution in [0.15, 0.2) is 12.7 Å². The van der Waals surface area contributed by atoms with E-state index in [1.807, 2.05) is 6.08 Å². The van der Waals surface area contributed by atoms with E-state index in [4.69, 9.17) is 9.90 Å². The SMILES string of the molecule is C=CC1(N[NH3+])CCC1.O=C([O-])C(F)(F)F. The first-order chi connectivity index (χ1) is 6.77. The molecule has 0 aromatic heterocycles. The van der Waals surface area contributed by atoms with Crippen molar-refractivity contribution < 1.29 is 28.9 Å². The molecular formula is C8H13F3N2O2. The van der Waals surface area contributed by atoms with Crippen molar-refractivity contribution in [2.24, 2.45) is 0 Å². The number of hydrogen-bond acceptors (Lipinski definition) is 3. The number of carbonyl (C=O) groups excluding carboxylic acids is 1. The van der Waals surface area contributed by atoms with Gasteiger partial charge in [-0.15, -0.1) is 6.58 Å². The van der Waals surface area contributed by atoms with Crippen molar-refractivity contribution in [2.75, 3.05) is 0 Å². The maximum atomic E-state index is 10.5. The molecule has 15 heavy (non-hydrogen) atoms. The number of rotatable bonds is 2. The Morgan fingerprint density at radius 2 is 1.93 bits per heavy atom. The highest BCUT2D eigenvalue weighted by Crippen LogP contribution is 2.31. The van der Waals surface area contributed by atoms with Crippen LogP contribution in [0.3, 0.4) is 0 Å². The third kappa shape index (κ3) is 4.30. The number of carboxylic acid groups (broad SMARTS) is 1. The van der Waals surface area contributed by atoms with Crippen LogP contribution in [0.5, 0.6) is 0 Å². The van der Waals surface area contributed by atoms with Gasteiger partial charge in [0.2, 0.25) is 0 Å². The second-order valence-corrected chi connectivity index (χ2v) is 3.18. The molecule has 0 spiro atoms. The summed E-state index contributed by atoms with van der Waals surface area (Å²) in [7, 11) is 0. The van der Waals surface area contributed by atoms with Crippen molar-refractivity contribution in [2.45, 2.75) is 31.0 Å². The Hall–Kier alpha value is -1.08. The molecule has 4 nitrogen and oxygen atoms in total. The second kappa shape index (κ2) is 5.13.